The van der Waals surface area contributed by atoms with Crippen molar-refractivity contribution in [3.8, 4) is 5.75 Å². The topological polar surface area (TPSA) is 101 Å². The second-order valence-electron chi connectivity index (χ2n) is 7.37. The number of phenolic OH excluding ortho intramolecular Hbond substituents is 1. The third-order valence-corrected chi connectivity index (χ3v) is 7.15. The summed E-state index contributed by atoms with van der Waals surface area (Å²) in [5.41, 5.74) is -0.0185. The smallest absolute Gasteiger partial charge is 0.342 e. The molecule has 29 heavy (non-hydrogen) atoms. The molecule has 1 amide bonds. The van der Waals surface area contributed by atoms with E-state index < -0.39 is 34.4 Å². The van der Waals surface area contributed by atoms with Crippen LogP contribution in [-0.2, 0) is 19.4 Å². The highest BCUT2D eigenvalue weighted by Crippen LogP contribution is 2.29. The molecule has 2 atom stereocenters. The lowest BCUT2D eigenvalue weighted by molar-refractivity contribution is -0.138. The number of nitrogens with zero attached hydrogens (tertiary/aromatic N) is 1. The molecule has 7 nitrogen and oxygen atoms in total. The summed E-state index contributed by atoms with van der Waals surface area (Å²) < 4.78 is 28.8. The summed E-state index contributed by atoms with van der Waals surface area (Å²) in [4.78, 5) is 26.7. The first-order valence-electron chi connectivity index (χ1n) is 9.63. The van der Waals surface area contributed by atoms with E-state index in [0.29, 0.717) is 18.2 Å². The van der Waals surface area contributed by atoms with Crippen LogP contribution < -0.4 is 0 Å². The van der Waals surface area contributed by atoms with Gasteiger partial charge in [0.05, 0.1) is 11.5 Å². The van der Waals surface area contributed by atoms with Gasteiger partial charge in [-0.3, -0.25) is 4.79 Å². The first-order valence-corrected chi connectivity index (χ1v) is 11.4. The van der Waals surface area contributed by atoms with Gasteiger partial charge in [-0.1, -0.05) is 37.3 Å². The van der Waals surface area contributed by atoms with Crippen LogP contribution in [0.1, 0.15) is 37.0 Å². The third-order valence-electron chi connectivity index (χ3n) is 5.40. The van der Waals surface area contributed by atoms with E-state index >= 15 is 0 Å². The van der Waals surface area contributed by atoms with Crippen LogP contribution in [-0.4, -0.2) is 60.5 Å². The SMILES string of the molecule is CCC(C)N(C(=O)COC(=O)c1ccc2ccccc2c1O)C1CCS(=O)(=O)C1. The fourth-order valence-electron chi connectivity index (χ4n) is 3.70. The molecule has 8 heteroatoms. The first kappa shape index (κ1) is 21.1. The number of carbonyl (C=O) groups excluding carboxylic acids is 2. The van der Waals surface area contributed by atoms with Gasteiger partial charge in [-0.25, -0.2) is 13.2 Å². The number of carbonyl (C=O) groups is 2. The maximum atomic E-state index is 12.8. The van der Waals surface area contributed by atoms with E-state index in [0.717, 1.165) is 5.39 Å². The Morgan fingerprint density at radius 1 is 1.24 bits per heavy atom. The highest BCUT2D eigenvalue weighted by Gasteiger charge is 2.36. The maximum Gasteiger partial charge on any atom is 0.342 e. The number of rotatable bonds is 6. The van der Waals surface area contributed by atoms with E-state index in [9.17, 15) is 23.1 Å². The van der Waals surface area contributed by atoms with Crippen molar-refractivity contribution in [2.75, 3.05) is 18.1 Å². The highest BCUT2D eigenvalue weighted by atomic mass is 32.2. The molecule has 0 spiro atoms. The lowest BCUT2D eigenvalue weighted by Crippen LogP contribution is -2.48. The Balaban J connectivity index is 1.73. The number of hydrogen-bond acceptors (Lipinski definition) is 6. The number of hydrogen-bond donors (Lipinski definition) is 1. The van der Waals surface area contributed by atoms with Crippen molar-refractivity contribution >= 4 is 32.5 Å². The number of benzene rings is 2. The normalized spacial score (nSPS) is 19.0. The summed E-state index contributed by atoms with van der Waals surface area (Å²) in [7, 11) is -3.15. The molecule has 0 saturated carbocycles. The summed E-state index contributed by atoms with van der Waals surface area (Å²) in [6, 6.07) is 9.66. The molecule has 0 bridgehead atoms. The van der Waals surface area contributed by atoms with Gasteiger partial charge in [0.1, 0.15) is 11.3 Å². The number of esters is 1. The van der Waals surface area contributed by atoms with Gasteiger partial charge in [0.15, 0.2) is 16.4 Å². The monoisotopic (exact) mass is 419 g/mol. The molecule has 0 aliphatic carbocycles. The molecule has 1 N–H and O–H groups in total. The Morgan fingerprint density at radius 2 is 1.97 bits per heavy atom. The van der Waals surface area contributed by atoms with Crippen LogP contribution in [0, 0.1) is 0 Å². The third kappa shape index (κ3) is 4.53. The average Bonchev–Trinajstić information content (AvgIpc) is 3.05. The van der Waals surface area contributed by atoms with Crippen molar-refractivity contribution in [1.82, 2.24) is 4.90 Å². The van der Waals surface area contributed by atoms with Gasteiger partial charge in [-0.15, -0.1) is 0 Å². The molecular formula is C21H25NO6S. The molecule has 2 aromatic carbocycles. The van der Waals surface area contributed by atoms with E-state index in [4.69, 9.17) is 4.74 Å². The van der Waals surface area contributed by atoms with E-state index in [1.54, 1.807) is 18.2 Å². The summed E-state index contributed by atoms with van der Waals surface area (Å²) in [6.45, 7) is 3.25. The number of aromatic hydroxyl groups is 1. The Hall–Kier alpha value is -2.61. The zero-order valence-corrected chi connectivity index (χ0v) is 17.3. The van der Waals surface area contributed by atoms with Gasteiger partial charge in [-0.2, -0.15) is 0 Å². The van der Waals surface area contributed by atoms with Crippen LogP contribution in [0.3, 0.4) is 0 Å². The minimum Gasteiger partial charge on any atom is -0.506 e. The Labute approximate surface area is 170 Å². The molecule has 2 unspecified atom stereocenters. The van der Waals surface area contributed by atoms with Crippen molar-refractivity contribution in [1.29, 1.82) is 0 Å². The summed E-state index contributed by atoms with van der Waals surface area (Å²) in [5, 5.41) is 11.7. The molecule has 1 aliphatic rings. The summed E-state index contributed by atoms with van der Waals surface area (Å²) in [6.07, 6.45) is 1.04. The zero-order valence-electron chi connectivity index (χ0n) is 16.5. The van der Waals surface area contributed by atoms with E-state index in [2.05, 4.69) is 0 Å². The van der Waals surface area contributed by atoms with Crippen molar-refractivity contribution < 1.29 is 27.9 Å². The second kappa shape index (κ2) is 8.41. The highest BCUT2D eigenvalue weighted by molar-refractivity contribution is 7.91. The largest absolute Gasteiger partial charge is 0.506 e. The van der Waals surface area contributed by atoms with Gasteiger partial charge in [0.2, 0.25) is 0 Å². The molecule has 0 aromatic heterocycles. The Bertz CT molecular complexity index is 1030. The fourth-order valence-corrected chi connectivity index (χ4v) is 5.41. The van der Waals surface area contributed by atoms with Crippen molar-refractivity contribution in [2.24, 2.45) is 0 Å². The van der Waals surface area contributed by atoms with Crippen LogP contribution in [0.5, 0.6) is 5.75 Å². The quantitative estimate of drug-likeness (QED) is 0.722. The molecule has 0 radical (unpaired) electrons. The minimum atomic E-state index is -3.15. The number of sulfone groups is 1. The zero-order chi connectivity index (χ0) is 21.2. The minimum absolute atomic E-state index is 0.0185. The number of ether oxygens (including phenoxy) is 1. The van der Waals surface area contributed by atoms with E-state index in [1.807, 2.05) is 26.0 Å². The van der Waals surface area contributed by atoms with Gasteiger partial charge in [0.25, 0.3) is 5.91 Å². The van der Waals surface area contributed by atoms with E-state index in [1.165, 1.54) is 11.0 Å². The Kier molecular flexibility index (Phi) is 6.12. The summed E-state index contributed by atoms with van der Waals surface area (Å²) >= 11 is 0. The van der Waals surface area contributed by atoms with Gasteiger partial charge in [-0.05, 0) is 31.2 Å². The van der Waals surface area contributed by atoms with Crippen LogP contribution in [0.4, 0.5) is 0 Å². The van der Waals surface area contributed by atoms with Crippen molar-refractivity contribution in [3.05, 3.63) is 42.0 Å². The number of phenols is 1. The maximum absolute atomic E-state index is 12.8. The Morgan fingerprint density at radius 3 is 2.62 bits per heavy atom. The lowest BCUT2D eigenvalue weighted by Gasteiger charge is -2.33. The molecule has 1 fully saturated rings. The molecule has 1 saturated heterocycles. The van der Waals surface area contributed by atoms with Crippen LogP contribution >= 0.6 is 0 Å². The fraction of sp³-hybridized carbons (Fsp3) is 0.429. The standard InChI is InChI=1S/C21H25NO6S/c1-3-14(2)22(16-10-11-29(26,27)13-16)19(23)12-28-21(25)18-9-8-15-6-4-5-7-17(15)20(18)24/h4-9,14,16,24H,3,10-13H2,1-2H3. The van der Waals surface area contributed by atoms with Crippen molar-refractivity contribution in [2.45, 2.75) is 38.8 Å². The van der Waals surface area contributed by atoms with Crippen LogP contribution in [0.2, 0.25) is 0 Å². The molecular weight excluding hydrogens is 394 g/mol. The van der Waals surface area contributed by atoms with Crippen LogP contribution in [0.15, 0.2) is 36.4 Å². The number of amides is 1. The summed E-state index contributed by atoms with van der Waals surface area (Å²) in [5.74, 6) is -1.44. The molecule has 1 aliphatic heterocycles. The lowest BCUT2D eigenvalue weighted by atomic mass is 10.1. The van der Waals surface area contributed by atoms with Crippen molar-refractivity contribution in [3.63, 3.8) is 0 Å². The second-order valence-corrected chi connectivity index (χ2v) is 9.60. The van der Waals surface area contributed by atoms with Gasteiger partial charge >= 0.3 is 5.97 Å². The van der Waals surface area contributed by atoms with Crippen LogP contribution in [0.25, 0.3) is 10.8 Å². The molecule has 2 aromatic rings. The number of fused-ring (bicyclic) bond motifs is 1. The predicted octanol–water partition coefficient (Wildman–Crippen LogP) is 2.52. The van der Waals surface area contributed by atoms with Gasteiger partial charge in [0, 0.05) is 17.5 Å². The molecule has 156 valence electrons. The first-order chi connectivity index (χ1) is 13.7. The molecule has 3 rings (SSSR count). The predicted molar refractivity (Wildman–Crippen MR) is 110 cm³/mol. The van der Waals surface area contributed by atoms with E-state index in [-0.39, 0.29) is 28.9 Å². The average molecular weight is 419 g/mol. The molecule has 1 heterocycles. The van der Waals surface area contributed by atoms with Gasteiger partial charge < -0.3 is 14.7 Å².